The van der Waals surface area contributed by atoms with E-state index < -0.39 is 11.2 Å². The first kappa shape index (κ1) is 36.7. The second kappa shape index (κ2) is 17.9. The van der Waals surface area contributed by atoms with E-state index in [1.54, 1.807) is 6.33 Å². The molecular weight excluding hydrogens is 661 g/mol. The van der Waals surface area contributed by atoms with Crippen molar-refractivity contribution in [3.63, 3.8) is 0 Å². The van der Waals surface area contributed by atoms with Crippen molar-refractivity contribution in [1.82, 2.24) is 9.55 Å². The molecule has 3 aromatic carbocycles. The van der Waals surface area contributed by atoms with Gasteiger partial charge in [0, 0.05) is 55.7 Å². The van der Waals surface area contributed by atoms with Crippen LogP contribution in [0.3, 0.4) is 0 Å². The standard InChI is InChI=1S/C41H50N4O5S/c1-4-6-20-48-22-23-50-37-12-7-32(8-13-37)33-9-16-39-35(24-33)25-34(17-19-45(39)26-31-18-21-49-27-31)41(46)43-36-10-14-38(15-11-36)51(47)28-40-30(3)42-29-44(40)5-2/h7-16,24-25,29,31H,4-6,17-23,26-28H2,1-3H3,(H,43,46)/t31-,51?/m0/s1. The molecule has 1 unspecified atom stereocenters. The number of rotatable bonds is 16. The van der Waals surface area contributed by atoms with Crippen LogP contribution in [0.25, 0.3) is 17.2 Å². The minimum atomic E-state index is -1.23. The van der Waals surface area contributed by atoms with Crippen LogP contribution in [0, 0.1) is 12.8 Å². The Kier molecular flexibility index (Phi) is 12.9. The van der Waals surface area contributed by atoms with Crippen molar-refractivity contribution in [1.29, 1.82) is 0 Å². The minimum Gasteiger partial charge on any atom is -0.611 e. The molecule has 9 nitrogen and oxygen atoms in total. The maximum absolute atomic E-state index is 13.8. The zero-order valence-corrected chi connectivity index (χ0v) is 30.9. The molecule has 1 fully saturated rings. The molecular formula is C41H50N4O5S. The minimum absolute atomic E-state index is 0.131. The maximum Gasteiger partial charge on any atom is 0.251 e. The second-order valence-corrected chi connectivity index (χ2v) is 14.7. The van der Waals surface area contributed by atoms with Gasteiger partial charge in [0.15, 0.2) is 10.6 Å². The number of imidazole rings is 1. The van der Waals surface area contributed by atoms with E-state index in [4.69, 9.17) is 14.2 Å². The highest BCUT2D eigenvalue weighted by molar-refractivity contribution is 7.90. The SMILES string of the molecule is CCCCOCCOc1ccc(-c2ccc3c(c2)C=C(C(=O)Nc2ccc([S+]([O-])Cc4c(C)ncn4CC)cc2)CCN3C[C@@H]2CCOC2)cc1. The number of nitrogens with one attached hydrogen (secondary N) is 1. The van der Waals surface area contributed by atoms with Crippen LogP contribution >= 0.6 is 0 Å². The van der Waals surface area contributed by atoms with Crippen LogP contribution in [0.1, 0.15) is 56.5 Å². The maximum atomic E-state index is 13.8. The Morgan fingerprint density at radius 2 is 1.84 bits per heavy atom. The number of nitrogens with zero attached hydrogens (tertiary/aromatic N) is 3. The lowest BCUT2D eigenvalue weighted by molar-refractivity contribution is -0.112. The molecule has 2 aliphatic rings. The summed E-state index contributed by atoms with van der Waals surface area (Å²) in [6.07, 6.45) is 7.69. The highest BCUT2D eigenvalue weighted by atomic mass is 32.2. The van der Waals surface area contributed by atoms with Crippen molar-refractivity contribution < 1.29 is 23.6 Å². The highest BCUT2D eigenvalue weighted by Crippen LogP contribution is 2.34. The molecule has 0 radical (unpaired) electrons. The lowest BCUT2D eigenvalue weighted by Crippen LogP contribution is -2.31. The number of ether oxygens (including phenoxy) is 3. The molecule has 10 heteroatoms. The highest BCUT2D eigenvalue weighted by Gasteiger charge is 2.25. The number of benzene rings is 3. The number of hydrogen-bond donors (Lipinski definition) is 1. The van der Waals surface area contributed by atoms with Gasteiger partial charge in [-0.05, 0) is 116 Å². The molecule has 2 aliphatic heterocycles. The summed E-state index contributed by atoms with van der Waals surface area (Å²) in [4.78, 5) is 21.3. The Labute approximate surface area is 305 Å². The summed E-state index contributed by atoms with van der Waals surface area (Å²) in [7, 11) is 0. The van der Waals surface area contributed by atoms with Crippen molar-refractivity contribution >= 4 is 34.5 Å². The van der Waals surface area contributed by atoms with E-state index in [2.05, 4.69) is 59.4 Å². The van der Waals surface area contributed by atoms with E-state index in [0.717, 1.165) is 104 Å². The van der Waals surface area contributed by atoms with Crippen LogP contribution in [0.2, 0.25) is 0 Å². The molecule has 0 spiro atoms. The number of amides is 1. The van der Waals surface area contributed by atoms with E-state index in [1.807, 2.05) is 54.0 Å². The van der Waals surface area contributed by atoms with E-state index in [9.17, 15) is 9.35 Å². The van der Waals surface area contributed by atoms with Crippen LogP contribution in [-0.4, -0.2) is 66.1 Å². The van der Waals surface area contributed by atoms with Crippen molar-refractivity contribution in [2.75, 3.05) is 56.3 Å². The Balaban J connectivity index is 1.16. The van der Waals surface area contributed by atoms with Crippen LogP contribution in [0.15, 0.2) is 83.5 Å². The summed E-state index contributed by atoms with van der Waals surface area (Å²) in [5, 5.41) is 3.10. The number of carbonyl (C=O) groups is 1. The van der Waals surface area contributed by atoms with Gasteiger partial charge in [-0.3, -0.25) is 4.79 Å². The number of aryl methyl sites for hydroxylation is 2. The van der Waals surface area contributed by atoms with Gasteiger partial charge in [-0.2, -0.15) is 0 Å². The Hall–Kier alpha value is -4.09. The van der Waals surface area contributed by atoms with Crippen molar-refractivity contribution in [2.24, 2.45) is 5.92 Å². The van der Waals surface area contributed by atoms with Gasteiger partial charge in [-0.15, -0.1) is 0 Å². The van der Waals surface area contributed by atoms with Gasteiger partial charge >= 0.3 is 0 Å². The summed E-state index contributed by atoms with van der Waals surface area (Å²) in [5.41, 5.74) is 7.58. The molecule has 0 aliphatic carbocycles. The van der Waals surface area contributed by atoms with Gasteiger partial charge in [-0.25, -0.2) is 4.98 Å². The average molecular weight is 711 g/mol. The van der Waals surface area contributed by atoms with Gasteiger partial charge in [0.05, 0.1) is 30.9 Å². The normalized spacial score (nSPS) is 16.4. The van der Waals surface area contributed by atoms with Crippen molar-refractivity contribution in [3.8, 4) is 16.9 Å². The van der Waals surface area contributed by atoms with Gasteiger partial charge < -0.3 is 33.5 Å². The predicted molar refractivity (Wildman–Crippen MR) is 205 cm³/mol. The molecule has 0 bridgehead atoms. The zero-order valence-electron chi connectivity index (χ0n) is 30.1. The van der Waals surface area contributed by atoms with Gasteiger partial charge in [0.1, 0.15) is 12.4 Å². The summed E-state index contributed by atoms with van der Waals surface area (Å²) in [5.74, 6) is 1.55. The molecule has 2 atom stereocenters. The summed E-state index contributed by atoms with van der Waals surface area (Å²) in [6, 6.07) is 22.0. The molecule has 3 heterocycles. The Morgan fingerprint density at radius 3 is 2.59 bits per heavy atom. The second-order valence-electron chi connectivity index (χ2n) is 13.2. The molecule has 4 aromatic rings. The lowest BCUT2D eigenvalue weighted by Gasteiger charge is -2.28. The van der Waals surface area contributed by atoms with Crippen LogP contribution < -0.4 is 15.0 Å². The molecule has 1 aromatic heterocycles. The van der Waals surface area contributed by atoms with E-state index in [1.165, 1.54) is 0 Å². The number of aromatic nitrogens is 2. The van der Waals surface area contributed by atoms with E-state index in [0.29, 0.717) is 41.9 Å². The summed E-state index contributed by atoms with van der Waals surface area (Å²) < 4.78 is 32.4. The lowest BCUT2D eigenvalue weighted by atomic mass is 9.99. The van der Waals surface area contributed by atoms with Crippen molar-refractivity contribution in [3.05, 3.63) is 95.6 Å². The third-order valence-corrected chi connectivity index (χ3v) is 10.9. The molecule has 6 rings (SSSR count). The topological polar surface area (TPSA) is 101 Å². The first-order chi connectivity index (χ1) is 24.9. The Bertz CT molecular complexity index is 1770. The molecule has 1 N–H and O–H groups in total. The number of carbonyl (C=O) groups excluding carboxylic acids is 1. The van der Waals surface area contributed by atoms with Crippen LogP contribution in [0.5, 0.6) is 5.75 Å². The molecule has 0 saturated carbocycles. The fourth-order valence-electron chi connectivity index (χ4n) is 6.57. The molecule has 1 amide bonds. The van der Waals surface area contributed by atoms with Gasteiger partial charge in [-0.1, -0.05) is 31.5 Å². The summed E-state index contributed by atoms with van der Waals surface area (Å²) >= 11 is -1.23. The van der Waals surface area contributed by atoms with Gasteiger partial charge in [0.25, 0.3) is 5.91 Å². The molecule has 51 heavy (non-hydrogen) atoms. The van der Waals surface area contributed by atoms with Crippen LogP contribution in [0.4, 0.5) is 11.4 Å². The largest absolute Gasteiger partial charge is 0.611 e. The van der Waals surface area contributed by atoms with Crippen molar-refractivity contribution in [2.45, 2.75) is 63.6 Å². The third kappa shape index (κ3) is 9.62. The fraction of sp³-hybridized carbons (Fsp3) is 0.415. The zero-order chi connectivity index (χ0) is 35.6. The van der Waals surface area contributed by atoms with Crippen LogP contribution in [-0.2, 0) is 37.7 Å². The number of hydrogen-bond acceptors (Lipinski definition) is 7. The number of fused-ring (bicyclic) bond motifs is 1. The molecule has 270 valence electrons. The first-order valence-corrected chi connectivity index (χ1v) is 19.5. The third-order valence-electron chi connectivity index (χ3n) is 9.61. The van der Waals surface area contributed by atoms with Gasteiger partial charge in [0.2, 0.25) is 0 Å². The monoisotopic (exact) mass is 710 g/mol. The quantitative estimate of drug-likeness (QED) is 0.0942. The average Bonchev–Trinajstić information content (AvgIpc) is 3.75. The predicted octanol–water partition coefficient (Wildman–Crippen LogP) is 7.65. The Morgan fingerprint density at radius 1 is 1.04 bits per heavy atom. The first-order valence-electron chi connectivity index (χ1n) is 18.2. The molecule has 1 saturated heterocycles. The fourth-order valence-corrected chi connectivity index (χ4v) is 7.80. The number of anilines is 2. The smallest absolute Gasteiger partial charge is 0.251 e. The van der Waals surface area contributed by atoms with E-state index in [-0.39, 0.29) is 5.91 Å². The van der Waals surface area contributed by atoms with E-state index >= 15 is 0 Å². The number of unbranched alkanes of at least 4 members (excludes halogenated alkanes) is 1. The summed E-state index contributed by atoms with van der Waals surface area (Å²) in [6.45, 7) is 12.0.